The summed E-state index contributed by atoms with van der Waals surface area (Å²) in [7, 11) is -0.863. The van der Waals surface area contributed by atoms with Crippen molar-refractivity contribution in [1.29, 1.82) is 0 Å². The monoisotopic (exact) mass is 574 g/mol. The zero-order valence-corrected chi connectivity index (χ0v) is 23.3. The molecule has 4 rings (SSSR count). The van der Waals surface area contributed by atoms with Crippen LogP contribution in [-0.4, -0.2) is 83.7 Å². The summed E-state index contributed by atoms with van der Waals surface area (Å²) < 4.78 is 55.2. The summed E-state index contributed by atoms with van der Waals surface area (Å²) in [5.74, 6) is -0.0319. The van der Waals surface area contributed by atoms with Crippen molar-refractivity contribution in [2.24, 2.45) is 0 Å². The number of para-hydroxylation sites is 1. The zero-order valence-electron chi connectivity index (χ0n) is 22.4. The molecule has 0 aliphatic carbocycles. The number of nitrogens with zero attached hydrogens (tertiary/aromatic N) is 1. The SMILES string of the molecule is COCCNC(=O)C1=CC(c2coc3ccccc23)CC(OCCN(CCO)S(=O)(=O)c2ccc(OC)cc2)O1. The van der Waals surface area contributed by atoms with Gasteiger partial charge in [0, 0.05) is 50.0 Å². The van der Waals surface area contributed by atoms with E-state index in [2.05, 4.69) is 5.32 Å². The predicted octanol–water partition coefficient (Wildman–Crippen LogP) is 2.62. The first-order chi connectivity index (χ1) is 19.4. The van der Waals surface area contributed by atoms with Crippen molar-refractivity contribution in [2.45, 2.75) is 23.5 Å². The Hall–Kier alpha value is -3.42. The number of allylic oxidation sites excluding steroid dienone is 1. The van der Waals surface area contributed by atoms with Gasteiger partial charge in [-0.1, -0.05) is 18.2 Å². The smallest absolute Gasteiger partial charge is 0.286 e. The molecule has 11 nitrogen and oxygen atoms in total. The first-order valence-electron chi connectivity index (χ1n) is 12.9. The van der Waals surface area contributed by atoms with Crippen LogP contribution in [0.5, 0.6) is 5.75 Å². The van der Waals surface area contributed by atoms with E-state index in [4.69, 9.17) is 23.4 Å². The van der Waals surface area contributed by atoms with Crippen molar-refractivity contribution in [1.82, 2.24) is 9.62 Å². The number of sulfonamides is 1. The van der Waals surface area contributed by atoms with Crippen molar-refractivity contribution >= 4 is 26.9 Å². The normalized spacial score (nSPS) is 17.4. The van der Waals surface area contributed by atoms with E-state index in [0.717, 1.165) is 20.8 Å². The quantitative estimate of drug-likeness (QED) is 0.278. The molecule has 0 saturated heterocycles. The minimum atomic E-state index is -3.90. The lowest BCUT2D eigenvalue weighted by Gasteiger charge is -2.29. The second-order valence-corrected chi connectivity index (χ2v) is 11.0. The molecule has 0 bridgehead atoms. The summed E-state index contributed by atoms with van der Waals surface area (Å²) in [5, 5.41) is 13.2. The second-order valence-electron chi connectivity index (χ2n) is 9.03. The van der Waals surface area contributed by atoms with Gasteiger partial charge >= 0.3 is 0 Å². The molecule has 0 spiro atoms. The summed E-state index contributed by atoms with van der Waals surface area (Å²) in [6.45, 7) is 0.113. The molecule has 2 N–H and O–H groups in total. The number of amides is 1. The fourth-order valence-electron chi connectivity index (χ4n) is 4.42. The lowest BCUT2D eigenvalue weighted by molar-refractivity contribution is -0.146. The molecule has 1 aromatic heterocycles. The van der Waals surface area contributed by atoms with Crippen LogP contribution in [0, 0.1) is 0 Å². The summed E-state index contributed by atoms with van der Waals surface area (Å²) in [6.07, 6.45) is 2.96. The van der Waals surface area contributed by atoms with Gasteiger partial charge in [0.25, 0.3) is 5.91 Å². The van der Waals surface area contributed by atoms with Crippen molar-refractivity contribution in [3.63, 3.8) is 0 Å². The van der Waals surface area contributed by atoms with E-state index in [-0.39, 0.29) is 42.9 Å². The average Bonchev–Trinajstić information content (AvgIpc) is 3.41. The number of carbonyl (C=O) groups is 1. The largest absolute Gasteiger partial charge is 0.497 e. The molecule has 12 heteroatoms. The Balaban J connectivity index is 1.48. The number of nitrogens with one attached hydrogen (secondary N) is 1. The topological polar surface area (TPSA) is 137 Å². The number of aliphatic hydroxyl groups is 1. The molecule has 2 atom stereocenters. The Morgan fingerprint density at radius 1 is 1.10 bits per heavy atom. The number of ether oxygens (including phenoxy) is 4. The number of fused-ring (bicyclic) bond motifs is 1. The number of furan rings is 1. The maximum Gasteiger partial charge on any atom is 0.286 e. The molecule has 3 aromatic rings. The van der Waals surface area contributed by atoms with E-state index in [1.165, 1.54) is 19.2 Å². The van der Waals surface area contributed by atoms with Crippen molar-refractivity contribution in [3.05, 3.63) is 72.2 Å². The van der Waals surface area contributed by atoms with Gasteiger partial charge < -0.3 is 33.8 Å². The Morgan fingerprint density at radius 3 is 2.60 bits per heavy atom. The first-order valence-corrected chi connectivity index (χ1v) is 14.3. The number of hydrogen-bond donors (Lipinski definition) is 2. The lowest BCUT2D eigenvalue weighted by atomic mass is 9.92. The summed E-state index contributed by atoms with van der Waals surface area (Å²) in [4.78, 5) is 12.9. The maximum absolute atomic E-state index is 13.2. The Bertz CT molecular complexity index is 1400. The van der Waals surface area contributed by atoms with Gasteiger partial charge in [-0.15, -0.1) is 0 Å². The number of benzene rings is 2. The molecule has 2 unspecified atom stereocenters. The Morgan fingerprint density at radius 2 is 1.88 bits per heavy atom. The number of rotatable bonds is 14. The van der Waals surface area contributed by atoms with E-state index in [1.54, 1.807) is 31.6 Å². The van der Waals surface area contributed by atoms with Crippen LogP contribution in [0.2, 0.25) is 0 Å². The predicted molar refractivity (Wildman–Crippen MR) is 146 cm³/mol. The number of aliphatic hydroxyl groups excluding tert-OH is 1. The number of carbonyl (C=O) groups excluding carboxylic acids is 1. The molecule has 2 heterocycles. The van der Waals surface area contributed by atoms with E-state index in [9.17, 15) is 18.3 Å². The fraction of sp³-hybridized carbons (Fsp3) is 0.393. The third-order valence-corrected chi connectivity index (χ3v) is 8.39. The lowest BCUT2D eigenvalue weighted by Crippen LogP contribution is -2.38. The third kappa shape index (κ3) is 7.01. The van der Waals surface area contributed by atoms with Gasteiger partial charge in [-0.25, -0.2) is 8.42 Å². The maximum atomic E-state index is 13.2. The highest BCUT2D eigenvalue weighted by atomic mass is 32.2. The Kier molecular flexibility index (Phi) is 10.2. The first kappa shape index (κ1) is 29.6. The molecule has 1 aliphatic heterocycles. The molecule has 0 fully saturated rings. The highest BCUT2D eigenvalue weighted by molar-refractivity contribution is 7.89. The summed E-state index contributed by atoms with van der Waals surface area (Å²) >= 11 is 0. The van der Waals surface area contributed by atoms with Crippen LogP contribution >= 0.6 is 0 Å². The standard InChI is InChI=1S/C28H34N2O9S/c1-35-15-11-29-28(32)26-17-20(24-19-38-25-6-4-3-5-23(24)25)18-27(39-26)37-16-13-30(12-14-31)40(33,34)22-9-7-21(36-2)8-10-22/h3-10,17,19-20,27,31H,11-16,18H2,1-2H3,(H,29,32). The highest BCUT2D eigenvalue weighted by Crippen LogP contribution is 2.36. The Labute approximate surface area is 233 Å². The molecule has 0 radical (unpaired) electrons. The van der Waals surface area contributed by atoms with Crippen LogP contribution < -0.4 is 10.1 Å². The highest BCUT2D eigenvalue weighted by Gasteiger charge is 2.31. The van der Waals surface area contributed by atoms with Crippen LogP contribution in [0.15, 0.2) is 75.9 Å². The summed E-state index contributed by atoms with van der Waals surface area (Å²) in [6, 6.07) is 13.6. The van der Waals surface area contributed by atoms with Crippen molar-refractivity contribution in [2.75, 3.05) is 53.7 Å². The van der Waals surface area contributed by atoms with E-state index >= 15 is 0 Å². The van der Waals surface area contributed by atoms with E-state index < -0.39 is 22.2 Å². The van der Waals surface area contributed by atoms with Gasteiger partial charge in [-0.2, -0.15) is 4.31 Å². The van der Waals surface area contributed by atoms with Gasteiger partial charge in [0.05, 0.1) is 38.1 Å². The minimum absolute atomic E-state index is 0.0303. The fourth-order valence-corrected chi connectivity index (χ4v) is 5.84. The van der Waals surface area contributed by atoms with Gasteiger partial charge in [-0.05, 0) is 36.4 Å². The summed E-state index contributed by atoms with van der Waals surface area (Å²) in [5.41, 5.74) is 1.61. The molecule has 2 aromatic carbocycles. The molecule has 0 saturated carbocycles. The number of hydrogen-bond acceptors (Lipinski definition) is 9. The minimum Gasteiger partial charge on any atom is -0.497 e. The van der Waals surface area contributed by atoms with Gasteiger partial charge in [-0.3, -0.25) is 4.79 Å². The zero-order chi connectivity index (χ0) is 28.5. The van der Waals surface area contributed by atoms with Crippen LogP contribution in [0.4, 0.5) is 0 Å². The van der Waals surface area contributed by atoms with Crippen LogP contribution in [0.3, 0.4) is 0 Å². The van der Waals surface area contributed by atoms with Crippen LogP contribution in [-0.2, 0) is 29.0 Å². The molecule has 1 amide bonds. The van der Waals surface area contributed by atoms with E-state index in [0.29, 0.717) is 25.3 Å². The molecular weight excluding hydrogens is 540 g/mol. The number of methoxy groups -OCH3 is 2. The molecule has 1 aliphatic rings. The van der Waals surface area contributed by atoms with Gasteiger partial charge in [0.1, 0.15) is 11.3 Å². The van der Waals surface area contributed by atoms with Crippen molar-refractivity contribution in [3.8, 4) is 5.75 Å². The van der Waals surface area contributed by atoms with Gasteiger partial charge in [0.15, 0.2) is 5.76 Å². The van der Waals surface area contributed by atoms with Crippen molar-refractivity contribution < 1.29 is 41.7 Å². The average molecular weight is 575 g/mol. The van der Waals surface area contributed by atoms with E-state index in [1.807, 2.05) is 24.3 Å². The molecule has 216 valence electrons. The molecule has 40 heavy (non-hydrogen) atoms. The van der Waals surface area contributed by atoms with Crippen LogP contribution in [0.25, 0.3) is 11.0 Å². The third-order valence-electron chi connectivity index (χ3n) is 6.47. The second kappa shape index (κ2) is 13.8. The molecular formula is C28H34N2O9S. The van der Waals surface area contributed by atoms with Gasteiger partial charge in [0.2, 0.25) is 16.3 Å². The van der Waals surface area contributed by atoms with Crippen LogP contribution in [0.1, 0.15) is 17.9 Å².